The summed E-state index contributed by atoms with van der Waals surface area (Å²) in [7, 11) is 0. The molecule has 2 saturated carbocycles. The Morgan fingerprint density at radius 1 is 1.00 bits per heavy atom. The number of ketones is 1. The van der Waals surface area contributed by atoms with Crippen molar-refractivity contribution in [3.8, 4) is 11.1 Å². The van der Waals surface area contributed by atoms with Crippen molar-refractivity contribution in [1.29, 1.82) is 0 Å². The lowest BCUT2D eigenvalue weighted by molar-refractivity contribution is -0.138. The van der Waals surface area contributed by atoms with Crippen molar-refractivity contribution in [3.05, 3.63) is 72.2 Å². The van der Waals surface area contributed by atoms with Gasteiger partial charge in [0.25, 0.3) is 0 Å². The highest BCUT2D eigenvalue weighted by molar-refractivity contribution is 5.91. The summed E-state index contributed by atoms with van der Waals surface area (Å²) in [6.45, 7) is 4.35. The maximum Gasteiger partial charge on any atom is 0.155 e. The van der Waals surface area contributed by atoms with Crippen LogP contribution < -0.4 is 0 Å². The number of rotatable bonds is 2. The van der Waals surface area contributed by atoms with E-state index < -0.39 is 5.60 Å². The standard InChI is InChI=1S/C30H34O3/c1-29-17-26(20-7-5-19(6-8-20)22-13-15-33-18-22)28-24-12-10-23(31)16-21(24)9-11-25(28)27(29)4-3-14-30(29,2)32/h3,5-8,13-16,18,24-28,32H,4,9-12,17H2,1-2H3/t24-,25-,26+,27-,28+,29-,30?/m0/s1. The third kappa shape index (κ3) is 3.23. The molecule has 172 valence electrons. The Kier molecular flexibility index (Phi) is 4.85. The lowest BCUT2D eigenvalue weighted by atomic mass is 9.43. The molecular formula is C30H34O3. The van der Waals surface area contributed by atoms with Crippen molar-refractivity contribution in [2.45, 2.75) is 63.9 Å². The highest BCUT2D eigenvalue weighted by Gasteiger charge is 2.60. The van der Waals surface area contributed by atoms with Crippen LogP contribution in [0.25, 0.3) is 11.1 Å². The predicted octanol–water partition coefficient (Wildman–Crippen LogP) is 6.70. The van der Waals surface area contributed by atoms with E-state index in [1.807, 2.05) is 19.1 Å². The van der Waals surface area contributed by atoms with E-state index in [2.05, 4.69) is 43.3 Å². The van der Waals surface area contributed by atoms with E-state index in [1.165, 1.54) is 16.7 Å². The predicted molar refractivity (Wildman–Crippen MR) is 130 cm³/mol. The first-order valence-corrected chi connectivity index (χ1v) is 12.6. The van der Waals surface area contributed by atoms with Crippen LogP contribution in [0.3, 0.4) is 0 Å². The van der Waals surface area contributed by atoms with Gasteiger partial charge in [0.15, 0.2) is 5.78 Å². The molecule has 33 heavy (non-hydrogen) atoms. The molecule has 7 atom stereocenters. The van der Waals surface area contributed by atoms with Gasteiger partial charge in [-0.15, -0.1) is 0 Å². The molecule has 6 rings (SSSR count). The molecule has 1 unspecified atom stereocenters. The van der Waals surface area contributed by atoms with Gasteiger partial charge in [0.2, 0.25) is 0 Å². The zero-order chi connectivity index (χ0) is 22.8. The number of benzene rings is 1. The Morgan fingerprint density at radius 3 is 2.58 bits per heavy atom. The maximum absolute atomic E-state index is 12.2. The van der Waals surface area contributed by atoms with Crippen LogP contribution in [-0.4, -0.2) is 16.5 Å². The first-order valence-electron chi connectivity index (χ1n) is 12.6. The van der Waals surface area contributed by atoms with Gasteiger partial charge < -0.3 is 9.52 Å². The summed E-state index contributed by atoms with van der Waals surface area (Å²) in [5.74, 6) is 2.80. The number of aliphatic hydroxyl groups is 1. The molecule has 2 fully saturated rings. The van der Waals surface area contributed by atoms with Gasteiger partial charge in [0.1, 0.15) is 0 Å². The third-order valence-corrected chi connectivity index (χ3v) is 9.88. The molecule has 3 heteroatoms. The number of carbonyl (C=O) groups is 1. The van der Waals surface area contributed by atoms with Gasteiger partial charge in [-0.1, -0.05) is 48.9 Å². The molecule has 0 spiro atoms. The zero-order valence-electron chi connectivity index (χ0n) is 19.7. The number of fused-ring (bicyclic) bond motifs is 5. The van der Waals surface area contributed by atoms with Crippen molar-refractivity contribution < 1.29 is 14.3 Å². The van der Waals surface area contributed by atoms with Gasteiger partial charge in [-0.05, 0) is 91.9 Å². The second-order valence-corrected chi connectivity index (χ2v) is 11.4. The Hall–Kier alpha value is -2.39. The van der Waals surface area contributed by atoms with E-state index in [9.17, 15) is 9.90 Å². The van der Waals surface area contributed by atoms with E-state index >= 15 is 0 Å². The zero-order valence-corrected chi connectivity index (χ0v) is 19.7. The minimum Gasteiger partial charge on any atom is -0.472 e. The molecule has 1 N–H and O–H groups in total. The fourth-order valence-electron chi connectivity index (χ4n) is 8.00. The lowest BCUT2D eigenvalue weighted by Crippen LogP contribution is -2.59. The maximum atomic E-state index is 12.2. The van der Waals surface area contributed by atoms with Gasteiger partial charge in [-0.3, -0.25) is 4.79 Å². The second kappa shape index (κ2) is 7.56. The van der Waals surface area contributed by atoms with Crippen molar-refractivity contribution >= 4 is 5.78 Å². The molecule has 1 heterocycles. The smallest absolute Gasteiger partial charge is 0.155 e. The van der Waals surface area contributed by atoms with Crippen LogP contribution in [0.2, 0.25) is 0 Å². The van der Waals surface area contributed by atoms with Crippen LogP contribution in [0, 0.1) is 29.1 Å². The highest BCUT2D eigenvalue weighted by atomic mass is 16.3. The molecule has 0 saturated heterocycles. The van der Waals surface area contributed by atoms with Gasteiger partial charge in [0.05, 0.1) is 18.1 Å². The number of hydrogen-bond acceptors (Lipinski definition) is 3. The molecule has 1 aromatic heterocycles. The highest BCUT2D eigenvalue weighted by Crippen LogP contribution is 2.65. The summed E-state index contributed by atoms with van der Waals surface area (Å²) in [6.07, 6.45) is 15.7. The normalized spacial score (nSPS) is 39.9. The summed E-state index contributed by atoms with van der Waals surface area (Å²) >= 11 is 0. The Balaban J connectivity index is 1.44. The Labute approximate surface area is 196 Å². The topological polar surface area (TPSA) is 50.4 Å². The minimum atomic E-state index is -0.797. The van der Waals surface area contributed by atoms with E-state index in [-0.39, 0.29) is 5.41 Å². The average molecular weight is 443 g/mol. The quantitative estimate of drug-likeness (QED) is 0.527. The molecule has 0 radical (unpaired) electrons. The fraction of sp³-hybridized carbons (Fsp3) is 0.500. The lowest BCUT2D eigenvalue weighted by Gasteiger charge is -2.62. The summed E-state index contributed by atoms with van der Waals surface area (Å²) in [4.78, 5) is 12.2. The van der Waals surface area contributed by atoms with E-state index in [0.29, 0.717) is 41.8 Å². The SMILES string of the molecule is CC1(O)C=CC[C@H]2[C@@H]3CCC4=CC(=O)CC[C@@H]4[C@H]3[C@@H](c3ccc(-c4ccoc4)cc3)C[C@@]21C. The van der Waals surface area contributed by atoms with Crippen molar-refractivity contribution in [3.63, 3.8) is 0 Å². The van der Waals surface area contributed by atoms with E-state index in [0.717, 1.165) is 37.7 Å². The van der Waals surface area contributed by atoms with Crippen LogP contribution >= 0.6 is 0 Å². The van der Waals surface area contributed by atoms with E-state index in [1.54, 1.807) is 12.5 Å². The molecule has 0 bridgehead atoms. The van der Waals surface area contributed by atoms with Crippen LogP contribution in [0.5, 0.6) is 0 Å². The Morgan fingerprint density at radius 2 is 1.82 bits per heavy atom. The molecule has 3 nitrogen and oxygen atoms in total. The van der Waals surface area contributed by atoms with Crippen LogP contribution in [0.4, 0.5) is 0 Å². The van der Waals surface area contributed by atoms with Gasteiger partial charge in [-0.2, -0.15) is 0 Å². The average Bonchev–Trinajstić information content (AvgIpc) is 3.34. The van der Waals surface area contributed by atoms with Gasteiger partial charge >= 0.3 is 0 Å². The van der Waals surface area contributed by atoms with Gasteiger partial charge in [-0.25, -0.2) is 0 Å². The molecule has 4 aliphatic carbocycles. The van der Waals surface area contributed by atoms with Crippen molar-refractivity contribution in [2.75, 3.05) is 0 Å². The molecule has 2 aromatic rings. The first-order chi connectivity index (χ1) is 15.9. The summed E-state index contributed by atoms with van der Waals surface area (Å²) in [5, 5.41) is 11.6. The van der Waals surface area contributed by atoms with Crippen LogP contribution in [0.1, 0.15) is 63.9 Å². The molecule has 0 amide bonds. The molecule has 1 aromatic carbocycles. The molecule has 0 aliphatic heterocycles. The second-order valence-electron chi connectivity index (χ2n) is 11.4. The summed E-state index contributed by atoms with van der Waals surface area (Å²) in [6, 6.07) is 11.0. The number of hydrogen-bond donors (Lipinski definition) is 1. The fourth-order valence-corrected chi connectivity index (χ4v) is 8.00. The van der Waals surface area contributed by atoms with Crippen LogP contribution in [0.15, 0.2) is 71.1 Å². The largest absolute Gasteiger partial charge is 0.472 e. The first kappa shape index (κ1) is 21.2. The summed E-state index contributed by atoms with van der Waals surface area (Å²) < 4.78 is 5.28. The van der Waals surface area contributed by atoms with Crippen molar-refractivity contribution in [1.82, 2.24) is 0 Å². The van der Waals surface area contributed by atoms with Gasteiger partial charge in [0, 0.05) is 17.4 Å². The summed E-state index contributed by atoms with van der Waals surface area (Å²) in [5.41, 5.74) is 4.10. The Bertz CT molecular complexity index is 1100. The third-order valence-electron chi connectivity index (χ3n) is 9.88. The number of allylic oxidation sites excluding steroid dienone is 3. The van der Waals surface area contributed by atoms with Crippen molar-refractivity contribution in [2.24, 2.45) is 29.1 Å². The number of carbonyl (C=O) groups excluding carboxylic acids is 1. The monoisotopic (exact) mass is 442 g/mol. The minimum absolute atomic E-state index is 0.150. The molecule has 4 aliphatic rings. The number of furan rings is 1. The molecular weight excluding hydrogens is 408 g/mol. The van der Waals surface area contributed by atoms with E-state index in [4.69, 9.17) is 4.42 Å². The van der Waals surface area contributed by atoms with Crippen LogP contribution in [-0.2, 0) is 4.79 Å².